The summed E-state index contributed by atoms with van der Waals surface area (Å²) in [6, 6.07) is 15.3. The highest BCUT2D eigenvalue weighted by molar-refractivity contribution is 7.98. The van der Waals surface area contributed by atoms with Crippen molar-refractivity contribution in [2.45, 2.75) is 50.1 Å². The van der Waals surface area contributed by atoms with E-state index in [2.05, 4.69) is 29.6 Å². The maximum Gasteiger partial charge on any atom is 0.407 e. The van der Waals surface area contributed by atoms with E-state index >= 15 is 0 Å². The third kappa shape index (κ3) is 5.81. The fraction of sp³-hybridized carbons (Fsp3) is 0.444. The van der Waals surface area contributed by atoms with E-state index in [1.54, 1.807) is 11.8 Å². The van der Waals surface area contributed by atoms with Gasteiger partial charge in [-0.1, -0.05) is 61.4 Å². The lowest BCUT2D eigenvalue weighted by atomic mass is 9.98. The summed E-state index contributed by atoms with van der Waals surface area (Å²) in [5.74, 6) is -0.807. The predicted molar refractivity (Wildman–Crippen MR) is 137 cm³/mol. The van der Waals surface area contributed by atoms with Gasteiger partial charge in [-0.3, -0.25) is 9.59 Å². The van der Waals surface area contributed by atoms with Crippen molar-refractivity contribution >= 4 is 29.7 Å². The van der Waals surface area contributed by atoms with Crippen molar-refractivity contribution < 1.29 is 24.2 Å². The van der Waals surface area contributed by atoms with Crippen LogP contribution in [0.1, 0.15) is 49.1 Å². The van der Waals surface area contributed by atoms with Gasteiger partial charge in [0.15, 0.2) is 0 Å². The van der Waals surface area contributed by atoms with E-state index in [4.69, 9.17) is 4.74 Å². The maximum absolute atomic E-state index is 13.4. The maximum atomic E-state index is 13.4. The minimum absolute atomic E-state index is 0.0736. The van der Waals surface area contributed by atoms with Crippen LogP contribution >= 0.6 is 11.8 Å². The molecule has 0 saturated heterocycles. The van der Waals surface area contributed by atoms with Crippen molar-refractivity contribution in [2.75, 3.05) is 25.2 Å². The first kappa shape index (κ1) is 25.1. The van der Waals surface area contributed by atoms with Crippen LogP contribution in [-0.4, -0.2) is 65.2 Å². The van der Waals surface area contributed by atoms with Crippen LogP contribution in [0.5, 0.6) is 0 Å². The number of carbonyl (C=O) groups excluding carboxylic acids is 2. The van der Waals surface area contributed by atoms with Crippen molar-refractivity contribution in [3.8, 4) is 11.1 Å². The van der Waals surface area contributed by atoms with E-state index in [9.17, 15) is 19.5 Å². The van der Waals surface area contributed by atoms with Crippen LogP contribution in [0.3, 0.4) is 0 Å². The van der Waals surface area contributed by atoms with Gasteiger partial charge in [0.25, 0.3) is 0 Å². The molecule has 186 valence electrons. The summed E-state index contributed by atoms with van der Waals surface area (Å²) in [4.78, 5) is 39.1. The highest BCUT2D eigenvalue weighted by Gasteiger charge is 2.34. The lowest BCUT2D eigenvalue weighted by molar-refractivity contribution is -0.147. The average molecular weight is 497 g/mol. The van der Waals surface area contributed by atoms with Gasteiger partial charge in [-0.25, -0.2) is 4.79 Å². The molecule has 35 heavy (non-hydrogen) atoms. The van der Waals surface area contributed by atoms with Crippen LogP contribution in [0.25, 0.3) is 11.1 Å². The summed E-state index contributed by atoms with van der Waals surface area (Å²) >= 11 is 1.57. The highest BCUT2D eigenvalue weighted by Crippen LogP contribution is 2.44. The van der Waals surface area contributed by atoms with E-state index in [1.807, 2.05) is 30.5 Å². The summed E-state index contributed by atoms with van der Waals surface area (Å²) < 4.78 is 5.64. The molecule has 0 spiro atoms. The molecular formula is C27H32N2O5S. The number of benzene rings is 2. The molecule has 0 unspecified atom stereocenters. The normalized spacial score (nSPS) is 15.8. The number of hydrogen-bond acceptors (Lipinski definition) is 5. The topological polar surface area (TPSA) is 95.9 Å². The average Bonchev–Trinajstić information content (AvgIpc) is 3.50. The van der Waals surface area contributed by atoms with Gasteiger partial charge in [0.05, 0.1) is 0 Å². The number of fused-ring (bicyclic) bond motifs is 3. The SMILES string of the molecule is CSCC[C@H](NC(=O)OCC1c2ccccc2-c2ccccc21)C(=O)N(CC(=O)O)C1CCCC1. The number of alkyl carbamates (subject to hydrolysis) is 1. The Morgan fingerprint density at radius 1 is 1.06 bits per heavy atom. The van der Waals surface area contributed by atoms with Crippen LogP contribution in [0.2, 0.25) is 0 Å². The highest BCUT2D eigenvalue weighted by atomic mass is 32.2. The number of hydrogen-bond donors (Lipinski definition) is 2. The number of thioether (sulfide) groups is 1. The molecule has 4 rings (SSSR count). The zero-order chi connectivity index (χ0) is 24.8. The number of nitrogens with one attached hydrogen (secondary N) is 1. The van der Waals surface area contributed by atoms with Gasteiger partial charge in [-0.15, -0.1) is 0 Å². The molecule has 2 aliphatic carbocycles. The zero-order valence-corrected chi connectivity index (χ0v) is 20.8. The van der Waals surface area contributed by atoms with Crippen molar-refractivity contribution in [1.82, 2.24) is 10.2 Å². The summed E-state index contributed by atoms with van der Waals surface area (Å²) in [6.45, 7) is -0.198. The molecule has 1 atom stereocenters. The smallest absolute Gasteiger partial charge is 0.407 e. The van der Waals surface area contributed by atoms with Crippen LogP contribution in [0.15, 0.2) is 48.5 Å². The Labute approximate surface area is 210 Å². The second-order valence-electron chi connectivity index (χ2n) is 9.10. The third-order valence-electron chi connectivity index (χ3n) is 6.90. The Balaban J connectivity index is 1.44. The van der Waals surface area contributed by atoms with Crippen LogP contribution in [0.4, 0.5) is 4.79 Å². The molecule has 0 aliphatic heterocycles. The number of amides is 2. The molecule has 1 fully saturated rings. The molecular weight excluding hydrogens is 464 g/mol. The zero-order valence-electron chi connectivity index (χ0n) is 19.9. The Kier molecular flexibility index (Phi) is 8.33. The molecule has 0 radical (unpaired) electrons. The van der Waals surface area contributed by atoms with E-state index < -0.39 is 18.1 Å². The second-order valence-corrected chi connectivity index (χ2v) is 10.1. The Hall–Kier alpha value is -3.00. The lowest BCUT2D eigenvalue weighted by Gasteiger charge is -2.31. The molecule has 2 N–H and O–H groups in total. The molecule has 8 heteroatoms. The summed E-state index contributed by atoms with van der Waals surface area (Å²) in [5, 5.41) is 12.1. The van der Waals surface area contributed by atoms with Gasteiger partial charge in [-0.2, -0.15) is 11.8 Å². The third-order valence-corrected chi connectivity index (χ3v) is 7.54. The van der Waals surface area contributed by atoms with Gasteiger partial charge >= 0.3 is 12.1 Å². The standard InChI is InChI=1S/C27H32N2O5S/c1-35-15-14-24(26(32)29(16-25(30)31)18-8-2-3-9-18)28-27(33)34-17-23-21-12-6-4-10-19(21)20-11-5-7-13-22(20)23/h4-7,10-13,18,23-24H,2-3,8-9,14-17H2,1H3,(H,28,33)(H,30,31)/t24-/m0/s1. The molecule has 1 saturated carbocycles. The fourth-order valence-electron chi connectivity index (χ4n) is 5.22. The fourth-order valence-corrected chi connectivity index (χ4v) is 5.70. The molecule has 2 aromatic carbocycles. The van der Waals surface area contributed by atoms with Gasteiger partial charge < -0.3 is 20.1 Å². The van der Waals surface area contributed by atoms with Gasteiger partial charge in [0.1, 0.15) is 19.2 Å². The molecule has 0 heterocycles. The summed E-state index contributed by atoms with van der Waals surface area (Å²) in [7, 11) is 0. The van der Waals surface area contributed by atoms with Crippen LogP contribution in [0, 0.1) is 0 Å². The van der Waals surface area contributed by atoms with Crippen molar-refractivity contribution in [3.05, 3.63) is 59.7 Å². The summed E-state index contributed by atoms with van der Waals surface area (Å²) in [5.41, 5.74) is 4.52. The molecule has 2 aliphatic rings. The van der Waals surface area contributed by atoms with Gasteiger partial charge in [-0.05, 0) is 53.5 Å². The number of nitrogens with zero attached hydrogens (tertiary/aromatic N) is 1. The Morgan fingerprint density at radius 3 is 2.23 bits per heavy atom. The minimum atomic E-state index is -1.05. The lowest BCUT2D eigenvalue weighted by Crippen LogP contribution is -2.53. The van der Waals surface area contributed by atoms with Gasteiger partial charge in [0.2, 0.25) is 5.91 Å². The van der Waals surface area contributed by atoms with Crippen molar-refractivity contribution in [3.63, 3.8) is 0 Å². The largest absolute Gasteiger partial charge is 0.480 e. The first-order chi connectivity index (χ1) is 17.0. The number of carboxylic acids is 1. The van der Waals surface area contributed by atoms with Crippen LogP contribution < -0.4 is 5.32 Å². The van der Waals surface area contributed by atoms with Gasteiger partial charge in [0, 0.05) is 12.0 Å². The van der Waals surface area contributed by atoms with E-state index in [0.29, 0.717) is 12.2 Å². The molecule has 7 nitrogen and oxygen atoms in total. The Morgan fingerprint density at radius 2 is 1.66 bits per heavy atom. The number of aliphatic carboxylic acids is 1. The van der Waals surface area contributed by atoms with E-state index in [1.165, 1.54) is 4.90 Å². The number of rotatable bonds is 10. The monoisotopic (exact) mass is 496 g/mol. The quantitative estimate of drug-likeness (QED) is 0.503. The molecule has 0 bridgehead atoms. The van der Waals surface area contributed by atoms with Crippen molar-refractivity contribution in [2.24, 2.45) is 0 Å². The molecule has 2 aromatic rings. The van der Waals surface area contributed by atoms with E-state index in [-0.39, 0.29) is 31.0 Å². The number of carboxylic acid groups (broad SMARTS) is 1. The number of ether oxygens (including phenoxy) is 1. The second kappa shape index (κ2) is 11.6. The first-order valence-electron chi connectivity index (χ1n) is 12.1. The summed E-state index contributed by atoms with van der Waals surface area (Å²) in [6.07, 6.45) is 5.21. The molecule has 0 aromatic heterocycles. The molecule has 2 amide bonds. The van der Waals surface area contributed by atoms with E-state index in [0.717, 1.165) is 47.9 Å². The van der Waals surface area contributed by atoms with Crippen LogP contribution in [-0.2, 0) is 14.3 Å². The first-order valence-corrected chi connectivity index (χ1v) is 13.5. The number of carbonyl (C=O) groups is 3. The minimum Gasteiger partial charge on any atom is -0.480 e. The Bertz CT molecular complexity index is 1020. The predicted octanol–water partition coefficient (Wildman–Crippen LogP) is 4.50. The van der Waals surface area contributed by atoms with Crippen molar-refractivity contribution in [1.29, 1.82) is 0 Å².